The van der Waals surface area contributed by atoms with Gasteiger partial charge in [0.05, 0.1) is 25.7 Å². The van der Waals surface area contributed by atoms with E-state index in [1.165, 1.54) is 0 Å². The van der Waals surface area contributed by atoms with Crippen molar-refractivity contribution in [2.45, 2.75) is 12.1 Å². The van der Waals surface area contributed by atoms with E-state index in [-0.39, 0.29) is 18.9 Å². The van der Waals surface area contributed by atoms with Crippen molar-refractivity contribution in [1.82, 2.24) is 10.2 Å². The zero-order valence-corrected chi connectivity index (χ0v) is 16.2. The van der Waals surface area contributed by atoms with Gasteiger partial charge in [-0.25, -0.2) is 4.79 Å². The Balaban J connectivity index is 1.37. The zero-order chi connectivity index (χ0) is 20.2. The molecule has 0 spiro atoms. The summed E-state index contributed by atoms with van der Waals surface area (Å²) in [5.74, 6) is 2.25. The minimum Gasteiger partial charge on any atom is -0.497 e. The molecule has 1 aromatic heterocycles. The number of fused-ring (bicyclic) bond motifs is 2. The van der Waals surface area contributed by atoms with Gasteiger partial charge in [-0.05, 0) is 39.8 Å². The summed E-state index contributed by atoms with van der Waals surface area (Å²) < 4.78 is 23.0. The second-order valence-corrected chi connectivity index (χ2v) is 7.37. The maximum atomic E-state index is 12.6. The van der Waals surface area contributed by atoms with Crippen molar-refractivity contribution >= 4 is 5.71 Å². The summed E-state index contributed by atoms with van der Waals surface area (Å²) in [5, 5.41) is 2.71. The van der Waals surface area contributed by atoms with Crippen LogP contribution in [0.15, 0.2) is 56.8 Å². The van der Waals surface area contributed by atoms with Gasteiger partial charge < -0.3 is 14.2 Å². The van der Waals surface area contributed by atoms with Crippen LogP contribution < -0.4 is 24.5 Å². The number of methoxy groups -OCH3 is 1. The van der Waals surface area contributed by atoms with E-state index >= 15 is 0 Å². The minimum atomic E-state index is -0.442. The van der Waals surface area contributed by atoms with Crippen LogP contribution in [0, 0.1) is 0 Å². The number of hydrogen-bond donors (Lipinski definition) is 1. The monoisotopic (exact) mass is 407 g/mol. The molecule has 6 rings (SSSR count). The van der Waals surface area contributed by atoms with E-state index in [2.05, 4.69) is 10.2 Å². The third-order valence-corrected chi connectivity index (χ3v) is 5.80. The molecule has 152 valence electrons. The number of aromatic amines is 1. The highest BCUT2D eigenvalue weighted by molar-refractivity contribution is 6.04. The number of H-pyrrole nitrogens is 1. The summed E-state index contributed by atoms with van der Waals surface area (Å²) in [4.78, 5) is 19.7. The van der Waals surface area contributed by atoms with Gasteiger partial charge >= 0.3 is 11.3 Å². The van der Waals surface area contributed by atoms with Gasteiger partial charge in [0.25, 0.3) is 0 Å². The fourth-order valence-corrected chi connectivity index (χ4v) is 4.33. The summed E-state index contributed by atoms with van der Waals surface area (Å²) >= 11 is 0. The number of nitrogens with one attached hydrogen (secondary N) is 1. The van der Waals surface area contributed by atoms with Gasteiger partial charge in [0.15, 0.2) is 11.5 Å². The molecule has 9 heteroatoms. The first kappa shape index (κ1) is 17.3. The molecule has 3 unspecified atom stereocenters. The number of hydrogen-bond acceptors (Lipinski definition) is 7. The van der Waals surface area contributed by atoms with Crippen LogP contribution in [0.5, 0.6) is 17.2 Å². The Kier molecular flexibility index (Phi) is 3.72. The maximum Gasteiger partial charge on any atom is 0.437 e. The summed E-state index contributed by atoms with van der Waals surface area (Å²) in [6.07, 6.45) is 0. The molecule has 9 nitrogen and oxygen atoms in total. The van der Waals surface area contributed by atoms with Gasteiger partial charge in [-0.1, -0.05) is 6.07 Å². The van der Waals surface area contributed by atoms with Crippen LogP contribution in [0.2, 0.25) is 0 Å². The lowest BCUT2D eigenvalue weighted by Gasteiger charge is -2.07. The number of ether oxygens (including phenoxy) is 3. The first-order chi connectivity index (χ1) is 14.7. The largest absolute Gasteiger partial charge is 0.497 e. The van der Waals surface area contributed by atoms with Gasteiger partial charge in [-0.2, -0.15) is 0 Å². The second-order valence-electron chi connectivity index (χ2n) is 7.37. The molecule has 3 atom stereocenters. The number of nitrogens with zero attached hydrogens (tertiary/aromatic N) is 3. The number of benzene rings is 2. The van der Waals surface area contributed by atoms with Crippen molar-refractivity contribution in [2.75, 3.05) is 27.0 Å². The highest BCUT2D eigenvalue weighted by Gasteiger charge is 2.56. The highest BCUT2D eigenvalue weighted by Crippen LogP contribution is 2.48. The predicted octanol–water partition coefficient (Wildman–Crippen LogP) is 1.21. The topological polar surface area (TPSA) is 92.9 Å². The molecule has 3 aliphatic rings. The SMILES string of the molecule is COc1ccc(-[n+]2[nH]oc(=O)c2C2=NCCN3C2C3c2ccc3c(c2)OCO3)cc1. The smallest absolute Gasteiger partial charge is 0.437 e. The van der Waals surface area contributed by atoms with Gasteiger partial charge in [0.1, 0.15) is 11.5 Å². The lowest BCUT2D eigenvalue weighted by molar-refractivity contribution is -0.671. The average molecular weight is 407 g/mol. The van der Waals surface area contributed by atoms with Crippen molar-refractivity contribution in [1.29, 1.82) is 0 Å². The van der Waals surface area contributed by atoms with E-state index in [0.29, 0.717) is 12.2 Å². The fourth-order valence-electron chi connectivity index (χ4n) is 4.33. The van der Waals surface area contributed by atoms with Crippen molar-refractivity contribution < 1.29 is 23.4 Å². The van der Waals surface area contributed by atoms with E-state index in [0.717, 1.165) is 40.8 Å². The Morgan fingerprint density at radius 3 is 2.80 bits per heavy atom. The first-order valence-electron chi connectivity index (χ1n) is 9.72. The summed E-state index contributed by atoms with van der Waals surface area (Å²) in [5.41, 5.74) is 2.59. The third-order valence-electron chi connectivity index (χ3n) is 5.80. The Hall–Kier alpha value is -3.59. The van der Waals surface area contributed by atoms with Crippen LogP contribution in [-0.2, 0) is 0 Å². The average Bonchev–Trinajstić information content (AvgIpc) is 3.12. The van der Waals surface area contributed by atoms with Crippen LogP contribution in [0.4, 0.5) is 0 Å². The molecule has 0 saturated carbocycles. The number of rotatable bonds is 4. The second kappa shape index (κ2) is 6.46. The van der Waals surface area contributed by atoms with Gasteiger partial charge in [-0.3, -0.25) is 14.4 Å². The molecule has 0 radical (unpaired) electrons. The Labute approximate surface area is 171 Å². The molecule has 2 aromatic carbocycles. The molecule has 0 amide bonds. The normalized spacial score (nSPS) is 23.6. The summed E-state index contributed by atoms with van der Waals surface area (Å²) in [7, 11) is 1.61. The van der Waals surface area contributed by atoms with E-state index in [1.807, 2.05) is 42.5 Å². The molecule has 3 aliphatic heterocycles. The molecular weight excluding hydrogens is 388 g/mol. The third kappa shape index (κ3) is 2.55. The van der Waals surface area contributed by atoms with Crippen molar-refractivity contribution in [3.8, 4) is 22.9 Å². The number of aromatic nitrogens is 2. The molecule has 0 aliphatic carbocycles. The van der Waals surface area contributed by atoms with Gasteiger partial charge in [0, 0.05) is 18.7 Å². The van der Waals surface area contributed by atoms with Crippen LogP contribution in [0.1, 0.15) is 17.3 Å². The van der Waals surface area contributed by atoms with Crippen LogP contribution in [0.3, 0.4) is 0 Å². The standard InChI is InChI=1S/C21H18N4O5/c1-27-14-5-3-13(4-6-14)25-20(21(26)30-23-25)17-19-18(24(19)9-8-22-17)12-2-7-15-16(10-12)29-11-28-15/h2-7,10,18-19H,8-9,11H2,1H3/p+1. The summed E-state index contributed by atoms with van der Waals surface area (Å²) in [6, 6.07) is 13.5. The maximum absolute atomic E-state index is 12.6. The summed E-state index contributed by atoms with van der Waals surface area (Å²) in [6.45, 7) is 1.71. The van der Waals surface area contributed by atoms with E-state index in [4.69, 9.17) is 23.7 Å². The lowest BCUT2D eigenvalue weighted by atomic mass is 10.0. The fraction of sp³-hybridized carbons (Fsp3) is 0.286. The molecule has 0 bridgehead atoms. The van der Waals surface area contributed by atoms with Gasteiger partial charge in [0.2, 0.25) is 12.5 Å². The van der Waals surface area contributed by atoms with E-state index in [1.54, 1.807) is 11.8 Å². The molecule has 3 aromatic rings. The van der Waals surface area contributed by atoms with Crippen molar-refractivity contribution in [3.63, 3.8) is 0 Å². The van der Waals surface area contributed by atoms with Crippen LogP contribution >= 0.6 is 0 Å². The first-order valence-corrected chi connectivity index (χ1v) is 9.72. The molecule has 1 N–H and O–H groups in total. The van der Waals surface area contributed by atoms with Crippen LogP contribution in [-0.4, -0.2) is 48.9 Å². The Morgan fingerprint density at radius 2 is 1.97 bits per heavy atom. The van der Waals surface area contributed by atoms with E-state index < -0.39 is 5.63 Å². The van der Waals surface area contributed by atoms with Crippen LogP contribution in [0.25, 0.3) is 5.69 Å². The zero-order valence-electron chi connectivity index (χ0n) is 16.2. The van der Waals surface area contributed by atoms with Crippen molar-refractivity contribution in [3.05, 3.63) is 64.1 Å². The Morgan fingerprint density at radius 1 is 1.13 bits per heavy atom. The predicted molar refractivity (Wildman–Crippen MR) is 105 cm³/mol. The molecule has 1 fully saturated rings. The lowest BCUT2D eigenvalue weighted by Crippen LogP contribution is -2.44. The quantitative estimate of drug-likeness (QED) is 0.516. The molecule has 1 saturated heterocycles. The van der Waals surface area contributed by atoms with Crippen molar-refractivity contribution in [2.24, 2.45) is 4.99 Å². The van der Waals surface area contributed by atoms with Gasteiger partial charge in [-0.15, -0.1) is 0 Å². The highest BCUT2D eigenvalue weighted by atomic mass is 16.7. The molecular formula is C21H19N4O5+. The molecule has 4 heterocycles. The Bertz CT molecular complexity index is 1210. The number of aliphatic imine (C=N–C) groups is 1. The molecule has 30 heavy (non-hydrogen) atoms. The minimum absolute atomic E-state index is 0.0160. The van der Waals surface area contributed by atoms with E-state index in [9.17, 15) is 4.79 Å².